The van der Waals surface area contributed by atoms with Crippen molar-refractivity contribution < 1.29 is 8.42 Å². The average molecular weight is 321 g/mol. The molecule has 0 spiro atoms. The molecule has 0 aromatic heterocycles. The van der Waals surface area contributed by atoms with Crippen LogP contribution in [0.1, 0.15) is 11.1 Å². The van der Waals surface area contributed by atoms with E-state index in [9.17, 15) is 8.42 Å². The summed E-state index contributed by atoms with van der Waals surface area (Å²) in [6.07, 6.45) is 0. The molecule has 1 N–H and O–H groups in total. The van der Waals surface area contributed by atoms with Gasteiger partial charge in [-0.1, -0.05) is 48.0 Å². The highest BCUT2D eigenvalue weighted by atomic mass is 32.2. The third kappa shape index (κ3) is 5.91. The summed E-state index contributed by atoms with van der Waals surface area (Å²) in [5, 5.41) is 0. The first-order chi connectivity index (χ1) is 10.1. The van der Waals surface area contributed by atoms with Crippen LogP contribution in [0.2, 0.25) is 0 Å². The van der Waals surface area contributed by atoms with Crippen molar-refractivity contribution in [1.29, 1.82) is 0 Å². The third-order valence-electron chi connectivity index (χ3n) is 2.88. The van der Waals surface area contributed by atoms with Crippen LogP contribution in [0.25, 0.3) is 0 Å². The van der Waals surface area contributed by atoms with Crippen LogP contribution < -0.4 is 4.72 Å². The van der Waals surface area contributed by atoms with Crippen molar-refractivity contribution in [3.05, 3.63) is 65.7 Å². The summed E-state index contributed by atoms with van der Waals surface area (Å²) < 4.78 is 26.7. The Balaban J connectivity index is 1.79. The van der Waals surface area contributed by atoms with E-state index in [1.165, 1.54) is 0 Å². The number of aryl methyl sites for hydroxylation is 1. The zero-order valence-corrected chi connectivity index (χ0v) is 13.6. The number of rotatable bonds is 7. The highest BCUT2D eigenvalue weighted by Crippen LogP contribution is 2.16. The molecule has 0 aliphatic rings. The van der Waals surface area contributed by atoms with E-state index >= 15 is 0 Å². The van der Waals surface area contributed by atoms with E-state index < -0.39 is 10.0 Å². The van der Waals surface area contributed by atoms with Gasteiger partial charge in [-0.3, -0.25) is 0 Å². The molecule has 0 saturated carbocycles. The second-order valence-corrected chi connectivity index (χ2v) is 7.78. The maximum absolute atomic E-state index is 12.0. The van der Waals surface area contributed by atoms with Gasteiger partial charge < -0.3 is 0 Å². The lowest BCUT2D eigenvalue weighted by Crippen LogP contribution is -2.27. The molecule has 0 fully saturated rings. The van der Waals surface area contributed by atoms with Gasteiger partial charge >= 0.3 is 0 Å². The van der Waals surface area contributed by atoms with Crippen molar-refractivity contribution in [1.82, 2.24) is 4.72 Å². The van der Waals surface area contributed by atoms with Crippen molar-refractivity contribution in [2.75, 3.05) is 12.3 Å². The van der Waals surface area contributed by atoms with E-state index in [0.29, 0.717) is 6.54 Å². The highest BCUT2D eigenvalue weighted by Gasteiger charge is 2.10. The normalized spacial score (nSPS) is 11.5. The van der Waals surface area contributed by atoms with Crippen LogP contribution in [-0.4, -0.2) is 20.7 Å². The van der Waals surface area contributed by atoms with Crippen LogP contribution in [0.4, 0.5) is 0 Å². The number of benzene rings is 2. The molecule has 0 saturated heterocycles. The van der Waals surface area contributed by atoms with E-state index in [1.807, 2.05) is 61.5 Å². The van der Waals surface area contributed by atoms with Gasteiger partial charge in [0.15, 0.2) is 0 Å². The fourth-order valence-electron chi connectivity index (χ4n) is 1.96. The molecule has 0 bridgehead atoms. The van der Waals surface area contributed by atoms with Gasteiger partial charge in [-0.2, -0.15) is 0 Å². The summed E-state index contributed by atoms with van der Waals surface area (Å²) in [4.78, 5) is 1.15. The zero-order chi connectivity index (χ0) is 15.1. The molecule has 0 aliphatic carbocycles. The van der Waals surface area contributed by atoms with E-state index in [4.69, 9.17) is 0 Å². The first-order valence-corrected chi connectivity index (χ1v) is 9.40. The first-order valence-electron chi connectivity index (χ1n) is 6.76. The monoisotopic (exact) mass is 321 g/mol. The summed E-state index contributed by atoms with van der Waals surface area (Å²) in [6, 6.07) is 17.5. The van der Waals surface area contributed by atoms with Gasteiger partial charge in [0.2, 0.25) is 10.0 Å². The second kappa shape index (κ2) is 7.64. The Hall–Kier alpha value is -1.30. The van der Waals surface area contributed by atoms with E-state index in [1.54, 1.807) is 11.8 Å². The molecule has 112 valence electrons. The Morgan fingerprint density at radius 1 is 1.05 bits per heavy atom. The fourth-order valence-corrected chi connectivity index (χ4v) is 4.01. The lowest BCUT2D eigenvalue weighted by atomic mass is 10.2. The predicted octanol–water partition coefficient (Wildman–Crippen LogP) is 3.21. The predicted molar refractivity (Wildman–Crippen MR) is 89.0 cm³/mol. The summed E-state index contributed by atoms with van der Waals surface area (Å²) in [6.45, 7) is 2.40. The minimum atomic E-state index is -3.27. The van der Waals surface area contributed by atoms with Crippen LogP contribution in [0.3, 0.4) is 0 Å². The van der Waals surface area contributed by atoms with Crippen molar-refractivity contribution >= 4 is 21.8 Å². The quantitative estimate of drug-likeness (QED) is 0.629. The summed E-state index contributed by atoms with van der Waals surface area (Å²) in [5.74, 6) is 0.752. The molecule has 0 heterocycles. The van der Waals surface area contributed by atoms with Gasteiger partial charge in [0.25, 0.3) is 0 Å². The maximum Gasteiger partial charge on any atom is 0.215 e. The molecule has 5 heteroatoms. The molecule has 2 aromatic carbocycles. The van der Waals surface area contributed by atoms with Gasteiger partial charge in [0.05, 0.1) is 5.75 Å². The molecule has 21 heavy (non-hydrogen) atoms. The number of hydrogen-bond donors (Lipinski definition) is 1. The van der Waals surface area contributed by atoms with Gasteiger partial charge in [0.1, 0.15) is 0 Å². The lowest BCUT2D eigenvalue weighted by Gasteiger charge is -2.07. The van der Waals surface area contributed by atoms with E-state index in [2.05, 4.69) is 4.72 Å². The first kappa shape index (κ1) is 16.1. The molecule has 3 nitrogen and oxygen atoms in total. The number of hydrogen-bond acceptors (Lipinski definition) is 3. The smallest absolute Gasteiger partial charge is 0.214 e. The SMILES string of the molecule is Cc1cccc(CS(=O)(=O)NCCSc2ccccc2)c1. The third-order valence-corrected chi connectivity index (χ3v) is 5.25. The minimum Gasteiger partial charge on any atom is -0.214 e. The van der Waals surface area contributed by atoms with Crippen LogP contribution in [0.5, 0.6) is 0 Å². The molecule has 0 amide bonds. The topological polar surface area (TPSA) is 46.2 Å². The van der Waals surface area contributed by atoms with Gasteiger partial charge in [0, 0.05) is 17.2 Å². The Morgan fingerprint density at radius 3 is 2.52 bits per heavy atom. The second-order valence-electron chi connectivity index (χ2n) is 4.80. The molecule has 0 radical (unpaired) electrons. The number of nitrogens with one attached hydrogen (secondary N) is 1. The Morgan fingerprint density at radius 2 is 1.81 bits per heavy atom. The van der Waals surface area contributed by atoms with Crippen molar-refractivity contribution in [3.8, 4) is 0 Å². The summed E-state index contributed by atoms with van der Waals surface area (Å²) >= 11 is 1.64. The van der Waals surface area contributed by atoms with E-state index in [-0.39, 0.29) is 5.75 Å². The average Bonchev–Trinajstić information content (AvgIpc) is 2.44. The van der Waals surface area contributed by atoms with Gasteiger partial charge in [-0.05, 0) is 24.6 Å². The van der Waals surface area contributed by atoms with Gasteiger partial charge in [-0.15, -0.1) is 11.8 Å². The highest BCUT2D eigenvalue weighted by molar-refractivity contribution is 7.99. The minimum absolute atomic E-state index is 0.0324. The fraction of sp³-hybridized carbons (Fsp3) is 0.250. The van der Waals surface area contributed by atoms with Crippen LogP contribution in [0.15, 0.2) is 59.5 Å². The van der Waals surface area contributed by atoms with Gasteiger partial charge in [-0.25, -0.2) is 13.1 Å². The number of sulfonamides is 1. The van der Waals surface area contributed by atoms with Crippen molar-refractivity contribution in [2.45, 2.75) is 17.6 Å². The number of thioether (sulfide) groups is 1. The maximum atomic E-state index is 12.0. The summed E-state index contributed by atoms with van der Waals surface area (Å²) in [7, 11) is -3.27. The Kier molecular flexibility index (Phi) is 5.85. The lowest BCUT2D eigenvalue weighted by molar-refractivity contribution is 0.583. The summed E-state index contributed by atoms with van der Waals surface area (Å²) in [5.41, 5.74) is 1.89. The van der Waals surface area contributed by atoms with Crippen LogP contribution in [-0.2, 0) is 15.8 Å². The molecule has 0 atom stereocenters. The van der Waals surface area contributed by atoms with Crippen molar-refractivity contribution in [2.24, 2.45) is 0 Å². The standard InChI is InChI=1S/C16H19NO2S2/c1-14-6-5-7-15(12-14)13-21(18,19)17-10-11-20-16-8-3-2-4-9-16/h2-9,12,17H,10-11,13H2,1H3. The Labute approximate surface area is 130 Å². The van der Waals surface area contributed by atoms with E-state index in [0.717, 1.165) is 21.8 Å². The molecular formula is C16H19NO2S2. The molecular weight excluding hydrogens is 302 g/mol. The van der Waals surface area contributed by atoms with Crippen LogP contribution >= 0.6 is 11.8 Å². The van der Waals surface area contributed by atoms with Crippen LogP contribution in [0, 0.1) is 6.92 Å². The molecule has 2 rings (SSSR count). The molecule has 0 unspecified atom stereocenters. The Bertz CT molecular complexity index is 670. The largest absolute Gasteiger partial charge is 0.215 e. The molecule has 2 aromatic rings. The molecule has 0 aliphatic heterocycles. The van der Waals surface area contributed by atoms with Crippen molar-refractivity contribution in [3.63, 3.8) is 0 Å². The zero-order valence-electron chi connectivity index (χ0n) is 12.0.